The molecule has 10 rings (SSSR count). The van der Waals surface area contributed by atoms with Gasteiger partial charge in [0, 0.05) is 75.4 Å². The van der Waals surface area contributed by atoms with Gasteiger partial charge in [0.1, 0.15) is 41.7 Å². The van der Waals surface area contributed by atoms with Crippen LogP contribution in [0.5, 0.6) is 0 Å². The third-order valence-electron chi connectivity index (χ3n) is 22.8. The van der Waals surface area contributed by atoms with Gasteiger partial charge in [0.05, 0.1) is 24.5 Å². The van der Waals surface area contributed by atoms with E-state index in [1.54, 1.807) is 9.80 Å². The van der Waals surface area contributed by atoms with Crippen LogP contribution in [0.2, 0.25) is 0 Å². The van der Waals surface area contributed by atoms with Crippen molar-refractivity contribution in [2.45, 2.75) is 278 Å². The zero-order valence-corrected chi connectivity index (χ0v) is 59.6. The molecule has 538 valence electrons. The highest BCUT2D eigenvalue weighted by atomic mass is 16.3. The molecule has 98 heavy (non-hydrogen) atoms. The number of amides is 6. The first-order chi connectivity index (χ1) is 46.8. The highest BCUT2D eigenvalue weighted by Gasteiger charge is 2.55. The van der Waals surface area contributed by atoms with Gasteiger partial charge in [-0.2, -0.15) is 0 Å². The topological polar surface area (TPSA) is 314 Å². The molecule has 6 amide bonds. The fourth-order valence-electron chi connectivity index (χ4n) is 16.9. The lowest BCUT2D eigenvalue weighted by atomic mass is 9.76. The van der Waals surface area contributed by atoms with Crippen molar-refractivity contribution in [3.63, 3.8) is 0 Å². The summed E-state index contributed by atoms with van der Waals surface area (Å²) in [6, 6.07) is -5.05. The van der Waals surface area contributed by atoms with Gasteiger partial charge in [-0.3, -0.25) is 62.7 Å². The van der Waals surface area contributed by atoms with Crippen molar-refractivity contribution < 1.29 is 57.8 Å². The Labute approximate surface area is 579 Å². The number of fused-ring (bicyclic) bond motifs is 2. The molecule has 22 nitrogen and oxygen atoms in total. The maximum atomic E-state index is 14.6. The van der Waals surface area contributed by atoms with Gasteiger partial charge in [0.2, 0.25) is 47.0 Å². The minimum Gasteiger partial charge on any atom is -0.383 e. The number of hydrogen-bond acceptors (Lipinski definition) is 16. The van der Waals surface area contributed by atoms with Crippen LogP contribution in [0.1, 0.15) is 256 Å². The van der Waals surface area contributed by atoms with Crippen LogP contribution in [0, 0.1) is 70.0 Å². The standard InChI is InChI=1S/C38H57N5O6.C38H55N5O6/c2*1-5-10-28(33(46)31(45)19-23-15-16-23)41-36(48)32-26-14-9-13-25(26)22-43(32)37(49)34(38(2,3)4)42-35(47)27(24-11-7-6-8-12-24)20-30(44)29-21-39-17-18-40-29/h17-18,21,23-28,32-34,46H,5-16,19-20,22H2,1-4H3,(H,41,48)(H,42,47);17-18,21,23-28,32,34H,5-16,19-20,22H2,1-4H3,(H,41,48)(H,42,47)/t25-,26-,27-,28-,32-,33-,34+;25-,26-,27-,28-,32-,34+/m00/s1. The van der Waals surface area contributed by atoms with Gasteiger partial charge in [-0.05, 0) is 148 Å². The van der Waals surface area contributed by atoms with Crippen molar-refractivity contribution in [3.05, 3.63) is 48.6 Å². The predicted molar refractivity (Wildman–Crippen MR) is 367 cm³/mol. The zero-order valence-electron chi connectivity index (χ0n) is 59.6. The van der Waals surface area contributed by atoms with E-state index in [-0.39, 0.29) is 119 Å². The Morgan fingerprint density at radius 3 is 1.34 bits per heavy atom. The first kappa shape index (κ1) is 75.5. The zero-order chi connectivity index (χ0) is 70.6. The number of nitrogens with one attached hydrogen (secondary N) is 4. The van der Waals surface area contributed by atoms with Gasteiger partial charge < -0.3 is 36.2 Å². The second-order valence-electron chi connectivity index (χ2n) is 32.4. The molecule has 0 bridgehead atoms. The van der Waals surface area contributed by atoms with E-state index in [1.807, 2.05) is 55.4 Å². The molecule has 6 saturated carbocycles. The van der Waals surface area contributed by atoms with Gasteiger partial charge in [0.25, 0.3) is 0 Å². The Morgan fingerprint density at radius 2 is 0.939 bits per heavy atom. The summed E-state index contributed by atoms with van der Waals surface area (Å²) in [5, 5.41) is 23.1. The predicted octanol–water partition coefficient (Wildman–Crippen LogP) is 9.05. The van der Waals surface area contributed by atoms with Crippen LogP contribution in [-0.2, 0) is 43.2 Å². The summed E-state index contributed by atoms with van der Waals surface area (Å²) in [6.07, 6.45) is 28.8. The van der Waals surface area contributed by atoms with Crippen molar-refractivity contribution in [1.82, 2.24) is 51.0 Å². The Morgan fingerprint density at radius 1 is 0.510 bits per heavy atom. The van der Waals surface area contributed by atoms with E-state index in [2.05, 4.69) is 41.2 Å². The van der Waals surface area contributed by atoms with Gasteiger partial charge in [0.15, 0.2) is 17.3 Å². The molecule has 0 radical (unpaired) electrons. The maximum absolute atomic E-state index is 14.6. The molecule has 8 fully saturated rings. The second kappa shape index (κ2) is 34.1. The van der Waals surface area contributed by atoms with Crippen molar-refractivity contribution >= 4 is 64.4 Å². The molecule has 2 saturated heterocycles. The molecule has 8 aliphatic rings. The largest absolute Gasteiger partial charge is 0.383 e. The van der Waals surface area contributed by atoms with Crippen LogP contribution in [-0.4, -0.2) is 155 Å². The van der Waals surface area contributed by atoms with Crippen molar-refractivity contribution in [2.24, 2.45) is 70.0 Å². The molecule has 2 aromatic heterocycles. The number of likely N-dealkylation sites (tertiary alicyclic amines) is 2. The number of aliphatic hydroxyl groups excluding tert-OH is 1. The van der Waals surface area contributed by atoms with Gasteiger partial charge >= 0.3 is 0 Å². The summed E-state index contributed by atoms with van der Waals surface area (Å²) in [7, 11) is 0. The quantitative estimate of drug-likeness (QED) is 0.0360. The summed E-state index contributed by atoms with van der Waals surface area (Å²) < 4.78 is 0. The maximum Gasteiger partial charge on any atom is 0.246 e. The number of aromatic nitrogens is 4. The summed E-state index contributed by atoms with van der Waals surface area (Å²) in [6.45, 7) is 16.1. The molecular weight excluding hydrogens is 1240 g/mol. The Kier molecular flexibility index (Phi) is 26.3. The van der Waals surface area contributed by atoms with Crippen molar-refractivity contribution in [3.8, 4) is 0 Å². The van der Waals surface area contributed by atoms with Gasteiger partial charge in [-0.15, -0.1) is 0 Å². The van der Waals surface area contributed by atoms with E-state index in [4.69, 9.17) is 0 Å². The summed E-state index contributed by atoms with van der Waals surface area (Å²) >= 11 is 0. The molecule has 5 N–H and O–H groups in total. The Balaban J connectivity index is 0.000000229. The van der Waals surface area contributed by atoms with E-state index in [0.717, 1.165) is 128 Å². The highest BCUT2D eigenvalue weighted by Crippen LogP contribution is 2.46. The summed E-state index contributed by atoms with van der Waals surface area (Å²) in [5.74, 6) is -4.16. The molecular formula is C76H112N10O12. The number of rotatable bonds is 30. The third-order valence-corrected chi connectivity index (χ3v) is 22.8. The minimum absolute atomic E-state index is 0.00502. The van der Waals surface area contributed by atoms with E-state index < -0.39 is 82.5 Å². The number of carbonyl (C=O) groups is 11. The lowest BCUT2D eigenvalue weighted by molar-refractivity contribution is -0.146. The Hall–Kier alpha value is -6.71. The number of ketones is 5. The lowest BCUT2D eigenvalue weighted by Gasteiger charge is -2.38. The summed E-state index contributed by atoms with van der Waals surface area (Å²) in [4.78, 5) is 171. The van der Waals surface area contributed by atoms with Gasteiger partial charge in [-0.1, -0.05) is 120 Å². The van der Waals surface area contributed by atoms with E-state index in [0.29, 0.717) is 51.1 Å². The van der Waals surface area contributed by atoms with Crippen LogP contribution in [0.4, 0.5) is 0 Å². The van der Waals surface area contributed by atoms with Crippen molar-refractivity contribution in [1.29, 1.82) is 0 Å². The SMILES string of the molecule is CCC[C@H](NC(=O)[C@@H]1[C@H]2CCC[C@H]2CN1C(=O)[C@@H](NC(=O)[C@@H](CC(=O)c1cnccn1)C1CCCCC1)C(C)(C)C)C(=O)C(=O)CC1CC1.CCC[C@H](NC(=O)[C@@H]1[C@H]2CCC[C@H]2CN1C(=O)[C@@H](NC(=O)[C@@H](CC(=O)c1cnccn1)C1CCCCC1)C(C)(C)C)[C@H](O)C(=O)CC1CC1. The molecule has 0 spiro atoms. The van der Waals surface area contributed by atoms with E-state index in [9.17, 15) is 57.8 Å². The average Bonchev–Trinajstić information content (AvgIpc) is 1.61. The highest BCUT2D eigenvalue weighted by molar-refractivity contribution is 6.39. The third kappa shape index (κ3) is 19.4. The number of hydrogen-bond donors (Lipinski definition) is 5. The number of aliphatic hydroxyl groups is 1. The molecule has 4 heterocycles. The van der Waals surface area contributed by atoms with Crippen LogP contribution < -0.4 is 21.3 Å². The number of carbonyl (C=O) groups excluding carboxylic acids is 11. The smallest absolute Gasteiger partial charge is 0.246 e. The first-order valence-corrected chi connectivity index (χ1v) is 37.5. The Bertz CT molecular complexity index is 3130. The van der Waals surface area contributed by atoms with Crippen LogP contribution in [0.15, 0.2) is 37.2 Å². The van der Waals surface area contributed by atoms with E-state index in [1.165, 1.54) is 37.2 Å². The second-order valence-corrected chi connectivity index (χ2v) is 32.4. The normalized spacial score (nSPS) is 24.8. The molecule has 22 heteroatoms. The minimum atomic E-state index is -1.28. The lowest BCUT2D eigenvalue weighted by Crippen LogP contribution is -2.60. The average molecular weight is 1360 g/mol. The molecule has 2 aromatic rings. The number of Topliss-reactive ketones (excluding diaryl/α,β-unsaturated/α-hetero) is 5. The van der Waals surface area contributed by atoms with Crippen LogP contribution in [0.25, 0.3) is 0 Å². The molecule has 13 atom stereocenters. The molecule has 6 aliphatic carbocycles. The molecule has 0 unspecified atom stereocenters. The first-order valence-electron chi connectivity index (χ1n) is 37.5. The molecule has 2 aliphatic heterocycles. The fraction of sp³-hybridized carbons (Fsp3) is 0.750. The van der Waals surface area contributed by atoms with Crippen molar-refractivity contribution in [2.75, 3.05) is 13.1 Å². The molecule has 0 aromatic carbocycles. The van der Waals surface area contributed by atoms with Crippen LogP contribution >= 0.6 is 0 Å². The fourth-order valence-corrected chi connectivity index (χ4v) is 16.9. The van der Waals surface area contributed by atoms with Crippen LogP contribution in [0.3, 0.4) is 0 Å². The monoisotopic (exact) mass is 1360 g/mol. The van der Waals surface area contributed by atoms with Gasteiger partial charge in [-0.25, -0.2) is 9.97 Å². The summed E-state index contributed by atoms with van der Waals surface area (Å²) in [5.41, 5.74) is -0.954. The van der Waals surface area contributed by atoms with E-state index >= 15 is 0 Å². The number of nitrogens with zero attached hydrogens (tertiary/aromatic N) is 6.